The summed E-state index contributed by atoms with van der Waals surface area (Å²) in [5.74, 6) is 0. The topological polar surface area (TPSA) is 41.7 Å². The average molecular weight is 243 g/mol. The minimum absolute atomic E-state index is 0.0874. The van der Waals surface area contributed by atoms with E-state index in [1.165, 1.54) is 0 Å². The maximum absolute atomic E-state index is 5.98. The minimum atomic E-state index is 0.0874. The van der Waals surface area contributed by atoms with Crippen LogP contribution in [-0.4, -0.2) is 67.8 Å². The summed E-state index contributed by atoms with van der Waals surface area (Å²) in [6, 6.07) is 0.627. The predicted molar refractivity (Wildman–Crippen MR) is 72.2 cm³/mol. The quantitative estimate of drug-likeness (QED) is 0.748. The van der Waals surface area contributed by atoms with E-state index in [1.807, 2.05) is 0 Å². The highest BCUT2D eigenvalue weighted by Crippen LogP contribution is 2.22. The smallest absolute Gasteiger partial charge is 0.0480 e. The van der Waals surface area contributed by atoms with Crippen molar-refractivity contribution in [3.05, 3.63) is 0 Å². The fourth-order valence-corrected chi connectivity index (χ4v) is 2.67. The van der Waals surface area contributed by atoms with Crippen molar-refractivity contribution in [2.75, 3.05) is 46.4 Å². The van der Waals surface area contributed by atoms with Gasteiger partial charge in [0.1, 0.15) is 0 Å². The molecule has 0 aliphatic carbocycles. The average Bonchev–Trinajstić information content (AvgIpc) is 2.35. The van der Waals surface area contributed by atoms with Crippen LogP contribution in [0.25, 0.3) is 0 Å². The number of nitrogens with zero attached hydrogens (tertiary/aromatic N) is 2. The summed E-state index contributed by atoms with van der Waals surface area (Å²) in [6.07, 6.45) is 1.01. The summed E-state index contributed by atoms with van der Waals surface area (Å²) in [5.41, 5.74) is 6.07. The zero-order valence-corrected chi connectivity index (χ0v) is 11.9. The molecule has 4 nitrogen and oxygen atoms in total. The number of rotatable bonds is 6. The number of nitrogens with two attached hydrogens (primary N) is 1. The Morgan fingerprint density at radius 3 is 2.59 bits per heavy atom. The van der Waals surface area contributed by atoms with Crippen LogP contribution in [0.3, 0.4) is 0 Å². The van der Waals surface area contributed by atoms with Crippen molar-refractivity contribution >= 4 is 0 Å². The Morgan fingerprint density at radius 2 is 2.12 bits per heavy atom. The van der Waals surface area contributed by atoms with Gasteiger partial charge in [-0.15, -0.1) is 0 Å². The summed E-state index contributed by atoms with van der Waals surface area (Å²) in [5, 5.41) is 0. The molecule has 0 amide bonds. The molecular weight excluding hydrogens is 214 g/mol. The first-order valence-corrected chi connectivity index (χ1v) is 6.75. The van der Waals surface area contributed by atoms with Crippen molar-refractivity contribution < 1.29 is 4.74 Å². The van der Waals surface area contributed by atoms with Gasteiger partial charge < -0.3 is 10.5 Å². The third-order valence-electron chi connectivity index (χ3n) is 4.22. The van der Waals surface area contributed by atoms with E-state index in [1.54, 1.807) is 7.11 Å². The maximum Gasteiger partial charge on any atom is 0.0480 e. The molecule has 1 heterocycles. The Labute approximate surface area is 106 Å². The fourth-order valence-electron chi connectivity index (χ4n) is 2.67. The molecule has 2 unspecified atom stereocenters. The van der Waals surface area contributed by atoms with Gasteiger partial charge in [-0.3, -0.25) is 9.80 Å². The number of piperazine rings is 1. The highest BCUT2D eigenvalue weighted by molar-refractivity contribution is 4.92. The molecular formula is C13H29N3O. The third-order valence-corrected chi connectivity index (χ3v) is 4.22. The van der Waals surface area contributed by atoms with E-state index >= 15 is 0 Å². The third kappa shape index (κ3) is 3.65. The number of hydrogen-bond donors (Lipinski definition) is 1. The highest BCUT2D eigenvalue weighted by Gasteiger charge is 2.34. The van der Waals surface area contributed by atoms with E-state index < -0.39 is 0 Å². The second-order valence-corrected chi connectivity index (χ2v) is 5.37. The molecule has 0 saturated carbocycles. The van der Waals surface area contributed by atoms with Crippen molar-refractivity contribution in [2.24, 2.45) is 5.73 Å². The molecule has 0 radical (unpaired) electrons. The molecule has 2 atom stereocenters. The SMILES string of the molecule is CCN1CCN(C(C)(CN)CCOC)CC1C. The molecule has 0 aromatic carbocycles. The highest BCUT2D eigenvalue weighted by atomic mass is 16.5. The fraction of sp³-hybridized carbons (Fsp3) is 1.00. The lowest BCUT2D eigenvalue weighted by molar-refractivity contribution is 0.00347. The number of likely N-dealkylation sites (N-methyl/N-ethyl adjacent to an activating group) is 1. The Hall–Kier alpha value is -0.160. The van der Waals surface area contributed by atoms with Crippen LogP contribution >= 0.6 is 0 Å². The van der Waals surface area contributed by atoms with Crippen molar-refractivity contribution in [1.29, 1.82) is 0 Å². The van der Waals surface area contributed by atoms with E-state index in [0.29, 0.717) is 12.6 Å². The predicted octanol–water partition coefficient (Wildman–Crippen LogP) is 0.766. The summed E-state index contributed by atoms with van der Waals surface area (Å²) in [6.45, 7) is 12.8. The molecule has 4 heteroatoms. The molecule has 0 bridgehead atoms. The van der Waals surface area contributed by atoms with E-state index in [0.717, 1.165) is 39.2 Å². The zero-order chi connectivity index (χ0) is 12.9. The van der Waals surface area contributed by atoms with Crippen molar-refractivity contribution in [3.8, 4) is 0 Å². The first-order valence-electron chi connectivity index (χ1n) is 6.75. The minimum Gasteiger partial charge on any atom is -0.385 e. The molecule has 2 N–H and O–H groups in total. The lowest BCUT2D eigenvalue weighted by Crippen LogP contribution is -2.61. The van der Waals surface area contributed by atoms with E-state index in [4.69, 9.17) is 10.5 Å². The van der Waals surface area contributed by atoms with Crippen LogP contribution in [0.5, 0.6) is 0 Å². The largest absolute Gasteiger partial charge is 0.385 e. The van der Waals surface area contributed by atoms with Crippen LogP contribution in [-0.2, 0) is 4.74 Å². The van der Waals surface area contributed by atoms with E-state index in [9.17, 15) is 0 Å². The van der Waals surface area contributed by atoms with Crippen LogP contribution in [0.1, 0.15) is 27.2 Å². The second kappa shape index (κ2) is 6.69. The van der Waals surface area contributed by atoms with Crippen LogP contribution in [0.2, 0.25) is 0 Å². The molecule has 102 valence electrons. The molecule has 1 aliphatic heterocycles. The van der Waals surface area contributed by atoms with Gasteiger partial charge in [0.05, 0.1) is 0 Å². The van der Waals surface area contributed by atoms with E-state index in [-0.39, 0.29) is 5.54 Å². The monoisotopic (exact) mass is 243 g/mol. The van der Waals surface area contributed by atoms with Crippen molar-refractivity contribution in [2.45, 2.75) is 38.8 Å². The van der Waals surface area contributed by atoms with Gasteiger partial charge in [0, 0.05) is 51.5 Å². The lowest BCUT2D eigenvalue weighted by Gasteiger charge is -2.48. The first kappa shape index (κ1) is 14.9. The molecule has 0 aromatic heterocycles. The molecule has 1 aliphatic rings. The van der Waals surface area contributed by atoms with Gasteiger partial charge >= 0.3 is 0 Å². The van der Waals surface area contributed by atoms with Crippen LogP contribution in [0, 0.1) is 0 Å². The number of hydrogen-bond acceptors (Lipinski definition) is 4. The van der Waals surface area contributed by atoms with Gasteiger partial charge in [0.2, 0.25) is 0 Å². The van der Waals surface area contributed by atoms with Gasteiger partial charge in [-0.05, 0) is 26.8 Å². The van der Waals surface area contributed by atoms with Gasteiger partial charge in [-0.1, -0.05) is 6.92 Å². The molecule has 0 spiro atoms. The van der Waals surface area contributed by atoms with Gasteiger partial charge in [-0.25, -0.2) is 0 Å². The van der Waals surface area contributed by atoms with Gasteiger partial charge in [0.15, 0.2) is 0 Å². The van der Waals surface area contributed by atoms with Gasteiger partial charge in [0.25, 0.3) is 0 Å². The summed E-state index contributed by atoms with van der Waals surface area (Å²) in [7, 11) is 1.76. The van der Waals surface area contributed by atoms with Crippen molar-refractivity contribution in [1.82, 2.24) is 9.80 Å². The molecule has 1 saturated heterocycles. The molecule has 0 aromatic rings. The standard InChI is InChI=1S/C13H29N3O/c1-5-15-7-8-16(10-12(15)2)13(3,11-14)6-9-17-4/h12H,5-11,14H2,1-4H3. The van der Waals surface area contributed by atoms with Crippen LogP contribution < -0.4 is 5.73 Å². The van der Waals surface area contributed by atoms with Gasteiger partial charge in [-0.2, -0.15) is 0 Å². The van der Waals surface area contributed by atoms with E-state index in [2.05, 4.69) is 30.6 Å². The number of methoxy groups -OCH3 is 1. The molecule has 1 rings (SSSR count). The Bertz CT molecular complexity index is 225. The zero-order valence-electron chi connectivity index (χ0n) is 11.9. The molecule has 17 heavy (non-hydrogen) atoms. The Morgan fingerprint density at radius 1 is 1.41 bits per heavy atom. The van der Waals surface area contributed by atoms with Crippen LogP contribution in [0.4, 0.5) is 0 Å². The van der Waals surface area contributed by atoms with Crippen LogP contribution in [0.15, 0.2) is 0 Å². The number of ether oxygens (including phenoxy) is 1. The Kier molecular flexibility index (Phi) is 5.86. The summed E-state index contributed by atoms with van der Waals surface area (Å²) >= 11 is 0. The normalized spacial score (nSPS) is 27.0. The first-order chi connectivity index (χ1) is 8.07. The Balaban J connectivity index is 2.58. The maximum atomic E-state index is 5.98. The summed E-state index contributed by atoms with van der Waals surface area (Å²) < 4.78 is 5.21. The van der Waals surface area contributed by atoms with Crippen molar-refractivity contribution in [3.63, 3.8) is 0 Å². The second-order valence-electron chi connectivity index (χ2n) is 5.37. The summed E-state index contributed by atoms with van der Waals surface area (Å²) in [4.78, 5) is 5.08. The lowest BCUT2D eigenvalue weighted by atomic mass is 9.94. The molecule has 1 fully saturated rings.